The molecule has 0 bridgehead atoms. The Balaban J connectivity index is 1.94. The van der Waals surface area contributed by atoms with E-state index in [1.165, 1.54) is 0 Å². The molecule has 0 saturated heterocycles. The lowest BCUT2D eigenvalue weighted by Crippen LogP contribution is -2.30. The summed E-state index contributed by atoms with van der Waals surface area (Å²) < 4.78 is 5.57. The van der Waals surface area contributed by atoms with Crippen molar-refractivity contribution in [3.63, 3.8) is 0 Å². The molecular formula is C19H20ClNO4. The van der Waals surface area contributed by atoms with Crippen molar-refractivity contribution in [3.05, 3.63) is 59.1 Å². The fraction of sp³-hybridized carbons (Fsp3) is 0.263. The predicted molar refractivity (Wildman–Crippen MR) is 97.3 cm³/mol. The number of nitrogens with one attached hydrogen (secondary N) is 1. The Morgan fingerprint density at radius 2 is 1.84 bits per heavy atom. The number of carboxylic acid groups (broad SMARTS) is 1. The molecule has 2 aromatic rings. The molecule has 0 aliphatic carbocycles. The molecular weight excluding hydrogens is 342 g/mol. The quantitative estimate of drug-likeness (QED) is 0.769. The summed E-state index contributed by atoms with van der Waals surface area (Å²) in [6.45, 7) is 3.50. The van der Waals surface area contributed by atoms with Gasteiger partial charge in [-0.15, -0.1) is 0 Å². The van der Waals surface area contributed by atoms with Crippen molar-refractivity contribution < 1.29 is 19.4 Å². The molecule has 2 atom stereocenters. The molecule has 0 aliphatic heterocycles. The van der Waals surface area contributed by atoms with Crippen molar-refractivity contribution in [1.29, 1.82) is 0 Å². The van der Waals surface area contributed by atoms with Crippen LogP contribution in [0.15, 0.2) is 48.5 Å². The number of amides is 1. The van der Waals surface area contributed by atoms with E-state index in [2.05, 4.69) is 5.32 Å². The van der Waals surface area contributed by atoms with E-state index in [9.17, 15) is 9.59 Å². The van der Waals surface area contributed by atoms with Crippen LogP contribution in [-0.4, -0.2) is 23.1 Å². The summed E-state index contributed by atoms with van der Waals surface area (Å²) in [4.78, 5) is 23.0. The third-order valence-electron chi connectivity index (χ3n) is 3.71. The van der Waals surface area contributed by atoms with Gasteiger partial charge >= 0.3 is 5.97 Å². The first-order valence-electron chi connectivity index (χ1n) is 7.90. The Morgan fingerprint density at radius 1 is 1.16 bits per heavy atom. The fourth-order valence-electron chi connectivity index (χ4n) is 2.32. The van der Waals surface area contributed by atoms with Crippen LogP contribution in [0.4, 0.5) is 5.69 Å². The molecule has 0 saturated carbocycles. The molecule has 1 amide bonds. The van der Waals surface area contributed by atoms with E-state index in [0.717, 1.165) is 5.56 Å². The largest absolute Gasteiger partial charge is 0.481 e. The standard InChI is InChI=1S/C19H20ClNO4/c1-12(10-18(22)23)14-6-8-16(9-7-14)21-19(24)13(2)25-17-5-3-4-15(20)11-17/h3-9,11-13H,10H2,1-2H3,(H,21,24)(H,22,23). The van der Waals surface area contributed by atoms with E-state index in [0.29, 0.717) is 16.5 Å². The van der Waals surface area contributed by atoms with Gasteiger partial charge in [0.25, 0.3) is 5.91 Å². The van der Waals surface area contributed by atoms with Gasteiger partial charge in [0.1, 0.15) is 5.75 Å². The lowest BCUT2D eigenvalue weighted by Gasteiger charge is -2.15. The van der Waals surface area contributed by atoms with Gasteiger partial charge in [0.15, 0.2) is 6.10 Å². The van der Waals surface area contributed by atoms with Gasteiger partial charge in [-0.2, -0.15) is 0 Å². The van der Waals surface area contributed by atoms with Crippen molar-refractivity contribution in [2.24, 2.45) is 0 Å². The van der Waals surface area contributed by atoms with Crippen LogP contribution in [0.25, 0.3) is 0 Å². The summed E-state index contributed by atoms with van der Waals surface area (Å²) >= 11 is 5.89. The minimum Gasteiger partial charge on any atom is -0.481 e. The topological polar surface area (TPSA) is 75.6 Å². The molecule has 2 aromatic carbocycles. The fourth-order valence-corrected chi connectivity index (χ4v) is 2.50. The van der Waals surface area contributed by atoms with Gasteiger partial charge in [0, 0.05) is 10.7 Å². The van der Waals surface area contributed by atoms with Crippen molar-refractivity contribution >= 4 is 29.2 Å². The average Bonchev–Trinajstić information content (AvgIpc) is 2.54. The summed E-state index contributed by atoms with van der Waals surface area (Å²) in [5, 5.41) is 12.1. The maximum Gasteiger partial charge on any atom is 0.303 e. The zero-order valence-corrected chi connectivity index (χ0v) is 14.8. The van der Waals surface area contributed by atoms with Crippen LogP contribution in [0.2, 0.25) is 5.02 Å². The SMILES string of the molecule is CC(Oc1cccc(Cl)c1)C(=O)Nc1ccc(C(C)CC(=O)O)cc1. The smallest absolute Gasteiger partial charge is 0.303 e. The minimum atomic E-state index is -0.836. The van der Waals surface area contributed by atoms with Crippen molar-refractivity contribution in [1.82, 2.24) is 0 Å². The van der Waals surface area contributed by atoms with Crippen molar-refractivity contribution in [2.45, 2.75) is 32.3 Å². The Labute approximate surface area is 151 Å². The minimum absolute atomic E-state index is 0.0657. The lowest BCUT2D eigenvalue weighted by molar-refractivity contribution is -0.137. The number of rotatable bonds is 7. The van der Waals surface area contributed by atoms with Crippen LogP contribution in [0.5, 0.6) is 5.75 Å². The van der Waals surface area contributed by atoms with E-state index in [-0.39, 0.29) is 18.2 Å². The highest BCUT2D eigenvalue weighted by molar-refractivity contribution is 6.30. The number of hydrogen-bond donors (Lipinski definition) is 2. The third-order valence-corrected chi connectivity index (χ3v) is 3.94. The lowest BCUT2D eigenvalue weighted by atomic mass is 9.98. The summed E-state index contributed by atoms with van der Waals surface area (Å²) in [7, 11) is 0. The van der Waals surface area contributed by atoms with Crippen LogP contribution in [-0.2, 0) is 9.59 Å². The Kier molecular flexibility index (Phi) is 6.42. The maximum atomic E-state index is 12.2. The monoisotopic (exact) mass is 361 g/mol. The van der Waals surface area contributed by atoms with Crippen LogP contribution < -0.4 is 10.1 Å². The molecule has 2 unspecified atom stereocenters. The molecule has 0 radical (unpaired) electrons. The number of carbonyl (C=O) groups excluding carboxylic acids is 1. The number of ether oxygens (including phenoxy) is 1. The first kappa shape index (κ1) is 18.8. The second kappa shape index (κ2) is 8.53. The molecule has 0 heterocycles. The Hall–Kier alpha value is -2.53. The van der Waals surface area contributed by atoms with Crippen LogP contribution >= 0.6 is 11.6 Å². The summed E-state index contributed by atoms with van der Waals surface area (Å²) in [5.41, 5.74) is 1.53. The molecule has 25 heavy (non-hydrogen) atoms. The van der Waals surface area contributed by atoms with Crippen molar-refractivity contribution in [3.8, 4) is 5.75 Å². The molecule has 0 spiro atoms. The number of carboxylic acids is 1. The van der Waals surface area contributed by atoms with E-state index >= 15 is 0 Å². The van der Waals surface area contributed by atoms with Crippen LogP contribution in [0, 0.1) is 0 Å². The number of halogens is 1. The molecule has 6 heteroatoms. The molecule has 132 valence electrons. The highest BCUT2D eigenvalue weighted by atomic mass is 35.5. The second-order valence-electron chi connectivity index (χ2n) is 5.83. The number of carbonyl (C=O) groups is 2. The zero-order valence-electron chi connectivity index (χ0n) is 14.0. The highest BCUT2D eigenvalue weighted by Crippen LogP contribution is 2.22. The second-order valence-corrected chi connectivity index (χ2v) is 6.26. The number of hydrogen-bond acceptors (Lipinski definition) is 3. The van der Waals surface area contributed by atoms with Gasteiger partial charge in [-0.3, -0.25) is 9.59 Å². The number of aliphatic carboxylic acids is 1. The maximum absolute atomic E-state index is 12.2. The normalized spacial score (nSPS) is 12.9. The van der Waals surface area contributed by atoms with E-state index < -0.39 is 12.1 Å². The Bertz CT molecular complexity index is 745. The first-order chi connectivity index (χ1) is 11.8. The van der Waals surface area contributed by atoms with Gasteiger partial charge in [0.2, 0.25) is 0 Å². The van der Waals surface area contributed by atoms with Gasteiger partial charge in [-0.25, -0.2) is 0 Å². The van der Waals surface area contributed by atoms with Crippen molar-refractivity contribution in [2.75, 3.05) is 5.32 Å². The molecule has 2 rings (SSSR count). The third kappa shape index (κ3) is 5.80. The summed E-state index contributed by atoms with van der Waals surface area (Å²) in [5.74, 6) is -0.691. The molecule has 0 aromatic heterocycles. The number of anilines is 1. The molecule has 5 nitrogen and oxygen atoms in total. The zero-order chi connectivity index (χ0) is 18.4. The molecule has 0 fully saturated rings. The molecule has 0 aliphatic rings. The average molecular weight is 362 g/mol. The summed E-state index contributed by atoms with van der Waals surface area (Å²) in [6.07, 6.45) is -0.625. The van der Waals surface area contributed by atoms with Gasteiger partial charge in [-0.05, 0) is 48.7 Å². The van der Waals surface area contributed by atoms with Crippen LogP contribution in [0.3, 0.4) is 0 Å². The van der Waals surface area contributed by atoms with Crippen LogP contribution in [0.1, 0.15) is 31.7 Å². The van der Waals surface area contributed by atoms with E-state index in [1.807, 2.05) is 19.1 Å². The van der Waals surface area contributed by atoms with Gasteiger partial charge in [-0.1, -0.05) is 36.7 Å². The molecule has 2 N–H and O–H groups in total. The predicted octanol–water partition coefficient (Wildman–Crippen LogP) is 4.32. The summed E-state index contributed by atoms with van der Waals surface area (Å²) in [6, 6.07) is 14.0. The number of benzene rings is 2. The Morgan fingerprint density at radius 3 is 2.44 bits per heavy atom. The van der Waals surface area contributed by atoms with E-state index in [4.69, 9.17) is 21.4 Å². The van der Waals surface area contributed by atoms with E-state index in [1.54, 1.807) is 43.3 Å². The first-order valence-corrected chi connectivity index (χ1v) is 8.28. The van der Waals surface area contributed by atoms with Gasteiger partial charge in [0.05, 0.1) is 6.42 Å². The van der Waals surface area contributed by atoms with Gasteiger partial charge < -0.3 is 15.2 Å². The highest BCUT2D eigenvalue weighted by Gasteiger charge is 2.15.